The second-order valence-corrected chi connectivity index (χ2v) is 7.76. The fourth-order valence-corrected chi connectivity index (χ4v) is 4.13. The molecule has 2 aromatic heterocycles. The number of rotatable bonds is 7. The number of aromatic nitrogens is 3. The van der Waals surface area contributed by atoms with E-state index in [-0.39, 0.29) is 0 Å². The van der Waals surface area contributed by atoms with Crippen LogP contribution in [0.5, 0.6) is 5.75 Å². The minimum absolute atomic E-state index is 0.598. The summed E-state index contributed by atoms with van der Waals surface area (Å²) in [5, 5.41) is 1.16. The summed E-state index contributed by atoms with van der Waals surface area (Å²) >= 11 is 0. The summed E-state index contributed by atoms with van der Waals surface area (Å²) in [6.07, 6.45) is 0.901. The van der Waals surface area contributed by atoms with Crippen LogP contribution in [0.3, 0.4) is 0 Å². The van der Waals surface area contributed by atoms with Gasteiger partial charge in [-0.25, -0.2) is 9.97 Å². The number of nitrogens with zero attached hydrogens (tertiary/aromatic N) is 3. The van der Waals surface area contributed by atoms with Gasteiger partial charge < -0.3 is 14.0 Å². The van der Waals surface area contributed by atoms with E-state index >= 15 is 0 Å². The summed E-state index contributed by atoms with van der Waals surface area (Å²) in [6, 6.07) is 22.4. The van der Waals surface area contributed by atoms with Gasteiger partial charge in [0.15, 0.2) is 5.65 Å². The normalized spacial score (nSPS) is 11.5. The van der Waals surface area contributed by atoms with Crippen LogP contribution in [0.4, 0.5) is 0 Å². The highest BCUT2D eigenvalue weighted by atomic mass is 16.5. The van der Waals surface area contributed by atoms with E-state index in [1.54, 1.807) is 7.11 Å². The van der Waals surface area contributed by atoms with E-state index in [2.05, 4.69) is 29.7 Å². The Morgan fingerprint density at radius 2 is 1.65 bits per heavy atom. The molecule has 0 saturated carbocycles. The Morgan fingerprint density at radius 1 is 0.871 bits per heavy atom. The molecule has 2 heterocycles. The molecule has 0 saturated heterocycles. The van der Waals surface area contributed by atoms with E-state index < -0.39 is 0 Å². The number of para-hydroxylation sites is 3. The first-order valence-electron chi connectivity index (χ1n) is 10.6. The van der Waals surface area contributed by atoms with Gasteiger partial charge in [0, 0.05) is 18.5 Å². The first-order valence-corrected chi connectivity index (χ1v) is 10.6. The molecule has 0 radical (unpaired) electrons. The van der Waals surface area contributed by atoms with Gasteiger partial charge in [-0.2, -0.15) is 0 Å². The molecule has 5 aromatic rings. The van der Waals surface area contributed by atoms with Crippen LogP contribution in [0, 0.1) is 6.92 Å². The van der Waals surface area contributed by atoms with Crippen LogP contribution in [0.1, 0.15) is 17.5 Å². The Morgan fingerprint density at radius 3 is 2.42 bits per heavy atom. The highest BCUT2D eigenvalue weighted by molar-refractivity contribution is 6.07. The first-order chi connectivity index (χ1) is 15.2. The quantitative estimate of drug-likeness (QED) is 0.324. The van der Waals surface area contributed by atoms with Crippen molar-refractivity contribution in [2.75, 3.05) is 13.7 Å². The predicted molar refractivity (Wildman–Crippen MR) is 125 cm³/mol. The fourth-order valence-electron chi connectivity index (χ4n) is 4.13. The third-order valence-corrected chi connectivity index (χ3v) is 5.67. The fraction of sp³-hybridized carbons (Fsp3) is 0.231. The zero-order valence-corrected chi connectivity index (χ0v) is 17.8. The summed E-state index contributed by atoms with van der Waals surface area (Å²) in [5.74, 6) is 0.860. The Kier molecular flexibility index (Phi) is 5.26. The monoisotopic (exact) mass is 411 g/mol. The third kappa shape index (κ3) is 3.73. The lowest BCUT2D eigenvalue weighted by Gasteiger charge is -2.10. The summed E-state index contributed by atoms with van der Waals surface area (Å²) in [5.41, 5.74) is 7.36. The van der Waals surface area contributed by atoms with Gasteiger partial charge in [-0.15, -0.1) is 0 Å². The van der Waals surface area contributed by atoms with Crippen LogP contribution in [-0.2, 0) is 17.9 Å². The average molecular weight is 412 g/mol. The van der Waals surface area contributed by atoms with Crippen molar-refractivity contribution in [2.24, 2.45) is 0 Å². The van der Waals surface area contributed by atoms with Crippen LogP contribution >= 0.6 is 0 Å². The molecule has 0 bridgehead atoms. The van der Waals surface area contributed by atoms with E-state index in [0.29, 0.717) is 13.2 Å². The number of methoxy groups -OCH3 is 1. The van der Waals surface area contributed by atoms with Crippen LogP contribution in [-0.4, -0.2) is 28.3 Å². The van der Waals surface area contributed by atoms with Crippen molar-refractivity contribution in [3.63, 3.8) is 0 Å². The topological polar surface area (TPSA) is 49.2 Å². The molecule has 0 N–H and O–H groups in total. The molecular formula is C26H25N3O2. The van der Waals surface area contributed by atoms with Gasteiger partial charge in [-0.3, -0.25) is 0 Å². The van der Waals surface area contributed by atoms with Crippen molar-refractivity contribution in [3.05, 3.63) is 77.9 Å². The van der Waals surface area contributed by atoms with E-state index in [4.69, 9.17) is 19.4 Å². The van der Waals surface area contributed by atoms with E-state index in [1.165, 1.54) is 11.1 Å². The number of hydrogen-bond acceptors (Lipinski definition) is 4. The second-order valence-electron chi connectivity index (χ2n) is 7.76. The molecule has 0 amide bonds. The van der Waals surface area contributed by atoms with Crippen molar-refractivity contribution in [1.82, 2.24) is 14.5 Å². The number of aryl methyl sites for hydroxylation is 2. The second kappa shape index (κ2) is 8.36. The SMILES string of the molecule is COc1ccc(COCCCn2c3nc4ccccc4nc3c3cccc(C)c32)cc1. The molecule has 0 atom stereocenters. The van der Waals surface area contributed by atoms with Crippen LogP contribution in [0.15, 0.2) is 66.7 Å². The largest absolute Gasteiger partial charge is 0.497 e. The third-order valence-electron chi connectivity index (χ3n) is 5.67. The lowest BCUT2D eigenvalue weighted by Crippen LogP contribution is -2.04. The lowest BCUT2D eigenvalue weighted by molar-refractivity contribution is 0.116. The maximum Gasteiger partial charge on any atom is 0.160 e. The molecule has 156 valence electrons. The number of ether oxygens (including phenoxy) is 2. The summed E-state index contributed by atoms with van der Waals surface area (Å²) in [4.78, 5) is 9.91. The molecular weight excluding hydrogens is 386 g/mol. The molecule has 0 aliphatic rings. The van der Waals surface area contributed by atoms with Crippen LogP contribution in [0.25, 0.3) is 33.1 Å². The maximum atomic E-state index is 5.93. The summed E-state index contributed by atoms with van der Waals surface area (Å²) < 4.78 is 13.4. The highest BCUT2D eigenvalue weighted by Gasteiger charge is 2.15. The average Bonchev–Trinajstić information content (AvgIpc) is 3.11. The zero-order chi connectivity index (χ0) is 21.2. The molecule has 31 heavy (non-hydrogen) atoms. The minimum atomic E-state index is 0.598. The minimum Gasteiger partial charge on any atom is -0.497 e. The van der Waals surface area contributed by atoms with Gasteiger partial charge in [0.05, 0.1) is 30.3 Å². The highest BCUT2D eigenvalue weighted by Crippen LogP contribution is 2.30. The molecule has 0 aliphatic carbocycles. The number of fused-ring (bicyclic) bond motifs is 4. The summed E-state index contributed by atoms with van der Waals surface area (Å²) in [7, 11) is 1.68. The standard InChI is InChI=1S/C26H25N3O2/c1-18-7-5-8-21-24-26(28-23-10-4-3-9-22(23)27-24)29(25(18)21)15-6-16-31-17-19-11-13-20(30-2)14-12-19/h3-5,7-14H,6,15-17H2,1-2H3. The van der Waals surface area contributed by atoms with Gasteiger partial charge in [-0.05, 0) is 48.7 Å². The first kappa shape index (κ1) is 19.5. The van der Waals surface area contributed by atoms with Gasteiger partial charge in [0.2, 0.25) is 0 Å². The van der Waals surface area contributed by atoms with Crippen molar-refractivity contribution in [2.45, 2.75) is 26.5 Å². The zero-order valence-electron chi connectivity index (χ0n) is 17.8. The van der Waals surface area contributed by atoms with Gasteiger partial charge in [0.25, 0.3) is 0 Å². The van der Waals surface area contributed by atoms with Crippen molar-refractivity contribution in [1.29, 1.82) is 0 Å². The molecule has 5 nitrogen and oxygen atoms in total. The van der Waals surface area contributed by atoms with Gasteiger partial charge >= 0.3 is 0 Å². The van der Waals surface area contributed by atoms with E-state index in [9.17, 15) is 0 Å². The van der Waals surface area contributed by atoms with Crippen molar-refractivity contribution >= 4 is 33.1 Å². The molecule has 0 spiro atoms. The van der Waals surface area contributed by atoms with Gasteiger partial charge in [0.1, 0.15) is 11.3 Å². The molecule has 0 unspecified atom stereocenters. The maximum absolute atomic E-state index is 5.93. The number of benzene rings is 3. The summed E-state index contributed by atoms with van der Waals surface area (Å²) in [6.45, 7) is 4.26. The van der Waals surface area contributed by atoms with Gasteiger partial charge in [-0.1, -0.05) is 42.5 Å². The molecule has 5 rings (SSSR count). The Labute approximate surface area is 181 Å². The van der Waals surface area contributed by atoms with E-state index in [1.807, 2.05) is 48.5 Å². The van der Waals surface area contributed by atoms with Crippen molar-refractivity contribution in [3.8, 4) is 5.75 Å². The lowest BCUT2D eigenvalue weighted by atomic mass is 10.1. The predicted octanol–water partition coefficient (Wildman–Crippen LogP) is 5.66. The molecule has 5 heteroatoms. The van der Waals surface area contributed by atoms with Crippen LogP contribution in [0.2, 0.25) is 0 Å². The molecule has 0 aliphatic heterocycles. The Balaban J connectivity index is 1.38. The van der Waals surface area contributed by atoms with E-state index in [0.717, 1.165) is 51.9 Å². The Hall–Kier alpha value is -3.44. The number of hydrogen-bond donors (Lipinski definition) is 0. The molecule has 3 aromatic carbocycles. The van der Waals surface area contributed by atoms with Crippen molar-refractivity contribution < 1.29 is 9.47 Å². The Bertz CT molecular complexity index is 1360. The molecule has 0 fully saturated rings. The smallest absolute Gasteiger partial charge is 0.160 e. The van der Waals surface area contributed by atoms with Crippen LogP contribution < -0.4 is 4.74 Å².